The summed E-state index contributed by atoms with van der Waals surface area (Å²) in [6, 6.07) is 2.55. The molecule has 0 aliphatic heterocycles. The van der Waals surface area contributed by atoms with Gasteiger partial charge < -0.3 is 4.74 Å². The Morgan fingerprint density at radius 3 is 2.81 bits per heavy atom. The van der Waals surface area contributed by atoms with Gasteiger partial charge in [0.05, 0.1) is 6.61 Å². The Morgan fingerprint density at radius 1 is 1.62 bits per heavy atom. The third-order valence-corrected chi connectivity index (χ3v) is 2.37. The topological polar surface area (TPSA) is 55.7 Å². The van der Waals surface area contributed by atoms with Crippen LogP contribution in [0.2, 0.25) is 0 Å². The fourth-order valence-electron chi connectivity index (χ4n) is 1.17. The summed E-state index contributed by atoms with van der Waals surface area (Å²) in [6.07, 6.45) is 0. The fraction of sp³-hybridized carbons (Fsp3) is 0.300. The summed E-state index contributed by atoms with van der Waals surface area (Å²) in [5.41, 5.74) is -0.0864. The average Bonchev–Trinajstić information content (AvgIpc) is 2.22. The Hall–Kier alpha value is -1.30. The lowest BCUT2D eigenvalue weighted by molar-refractivity contribution is -0.144. The van der Waals surface area contributed by atoms with E-state index in [1.165, 1.54) is 12.1 Å². The van der Waals surface area contributed by atoms with Gasteiger partial charge in [-0.3, -0.25) is 0 Å². The smallest absolute Gasteiger partial charge is 0.339 e. The first kappa shape index (κ1) is 12.8. The summed E-state index contributed by atoms with van der Waals surface area (Å²) in [4.78, 5) is 21.8. The molecule has 6 heteroatoms. The van der Waals surface area contributed by atoms with Crippen molar-refractivity contribution in [3.63, 3.8) is 0 Å². The number of nitrogens with zero attached hydrogens (tertiary/aromatic N) is 1. The van der Waals surface area contributed by atoms with Crippen LogP contribution in [0.5, 0.6) is 0 Å². The quantitative estimate of drug-likeness (QED) is 0.632. The molecule has 0 saturated carbocycles. The Labute approximate surface area is 99.9 Å². The highest BCUT2D eigenvalue weighted by Gasteiger charge is 2.25. The molecule has 0 spiro atoms. The first-order valence-corrected chi connectivity index (χ1v) is 5.33. The SMILES string of the molecule is CCOC(=O)C(N=O)c1ccc(Br)cc1F. The lowest BCUT2D eigenvalue weighted by atomic mass is 10.1. The van der Waals surface area contributed by atoms with Gasteiger partial charge in [-0.1, -0.05) is 22.0 Å². The molecule has 16 heavy (non-hydrogen) atoms. The Balaban J connectivity index is 3.04. The van der Waals surface area contributed by atoms with E-state index in [0.29, 0.717) is 4.47 Å². The number of esters is 1. The molecule has 0 heterocycles. The molecule has 0 bridgehead atoms. The number of nitroso groups, excluding NO2 is 1. The molecule has 1 unspecified atom stereocenters. The Kier molecular flexibility index (Phi) is 4.54. The average molecular weight is 290 g/mol. The minimum Gasteiger partial charge on any atom is -0.464 e. The molecule has 0 aliphatic rings. The van der Waals surface area contributed by atoms with Gasteiger partial charge in [0.25, 0.3) is 0 Å². The molecule has 1 aromatic rings. The fourth-order valence-corrected chi connectivity index (χ4v) is 1.50. The Bertz CT molecular complexity index is 411. The number of hydrogen-bond acceptors (Lipinski definition) is 4. The third-order valence-electron chi connectivity index (χ3n) is 1.87. The first-order valence-electron chi connectivity index (χ1n) is 4.54. The molecule has 1 atom stereocenters. The van der Waals surface area contributed by atoms with Crippen molar-refractivity contribution < 1.29 is 13.9 Å². The number of benzene rings is 1. The van der Waals surface area contributed by atoms with Crippen LogP contribution in [0, 0.1) is 10.7 Å². The normalized spacial score (nSPS) is 11.9. The summed E-state index contributed by atoms with van der Waals surface area (Å²) >= 11 is 3.07. The summed E-state index contributed by atoms with van der Waals surface area (Å²) in [7, 11) is 0. The standard InChI is InChI=1S/C10H9BrFNO3/c1-2-16-10(14)9(13-15)7-4-3-6(11)5-8(7)12/h3-5,9H,2H2,1H3. The van der Waals surface area contributed by atoms with Crippen molar-refractivity contribution in [3.05, 3.63) is 39.0 Å². The van der Waals surface area contributed by atoms with Gasteiger partial charge in [0.1, 0.15) is 5.82 Å². The zero-order valence-corrected chi connectivity index (χ0v) is 10.0. The number of rotatable bonds is 4. The van der Waals surface area contributed by atoms with Gasteiger partial charge in [-0.05, 0) is 24.2 Å². The van der Waals surface area contributed by atoms with Gasteiger partial charge in [0, 0.05) is 10.0 Å². The molecule has 0 radical (unpaired) electrons. The molecule has 0 saturated heterocycles. The van der Waals surface area contributed by atoms with Crippen LogP contribution >= 0.6 is 15.9 Å². The number of ether oxygens (including phenoxy) is 1. The van der Waals surface area contributed by atoms with Crippen molar-refractivity contribution in [2.75, 3.05) is 6.61 Å². The van der Waals surface area contributed by atoms with E-state index in [0.717, 1.165) is 6.07 Å². The van der Waals surface area contributed by atoms with Crippen molar-refractivity contribution >= 4 is 21.9 Å². The maximum Gasteiger partial charge on any atom is 0.339 e. The van der Waals surface area contributed by atoms with Crippen LogP contribution in [0.15, 0.2) is 27.8 Å². The van der Waals surface area contributed by atoms with Crippen LogP contribution in [-0.2, 0) is 9.53 Å². The number of carbonyl (C=O) groups excluding carboxylic acids is 1. The second-order valence-corrected chi connectivity index (χ2v) is 3.84. The van der Waals surface area contributed by atoms with Crippen LogP contribution in [0.1, 0.15) is 18.5 Å². The minimum absolute atomic E-state index is 0.0864. The number of halogens is 2. The largest absolute Gasteiger partial charge is 0.464 e. The van der Waals surface area contributed by atoms with E-state index in [1.807, 2.05) is 0 Å². The van der Waals surface area contributed by atoms with E-state index in [2.05, 4.69) is 25.8 Å². The lowest BCUT2D eigenvalue weighted by Crippen LogP contribution is -2.15. The molecular weight excluding hydrogens is 281 g/mol. The molecule has 86 valence electrons. The Morgan fingerprint density at radius 2 is 2.31 bits per heavy atom. The molecule has 1 aromatic carbocycles. The van der Waals surface area contributed by atoms with E-state index in [1.54, 1.807) is 6.92 Å². The highest BCUT2D eigenvalue weighted by molar-refractivity contribution is 9.10. The van der Waals surface area contributed by atoms with E-state index < -0.39 is 17.8 Å². The summed E-state index contributed by atoms with van der Waals surface area (Å²) in [6.45, 7) is 1.71. The highest BCUT2D eigenvalue weighted by atomic mass is 79.9. The summed E-state index contributed by atoms with van der Waals surface area (Å²) in [5, 5.41) is 2.59. The van der Waals surface area contributed by atoms with Crippen molar-refractivity contribution in [2.45, 2.75) is 13.0 Å². The zero-order chi connectivity index (χ0) is 12.1. The van der Waals surface area contributed by atoms with Gasteiger partial charge in [0.15, 0.2) is 0 Å². The number of carbonyl (C=O) groups is 1. The van der Waals surface area contributed by atoms with Crippen LogP contribution in [0.3, 0.4) is 0 Å². The van der Waals surface area contributed by atoms with Crippen LogP contribution in [-0.4, -0.2) is 12.6 Å². The molecular formula is C10H9BrFNO3. The van der Waals surface area contributed by atoms with Gasteiger partial charge >= 0.3 is 5.97 Å². The van der Waals surface area contributed by atoms with Crippen molar-refractivity contribution in [3.8, 4) is 0 Å². The van der Waals surface area contributed by atoms with Crippen LogP contribution in [0.25, 0.3) is 0 Å². The van der Waals surface area contributed by atoms with E-state index >= 15 is 0 Å². The third kappa shape index (κ3) is 2.85. The molecule has 0 amide bonds. The van der Waals surface area contributed by atoms with Gasteiger partial charge in [-0.15, -0.1) is 4.91 Å². The second-order valence-electron chi connectivity index (χ2n) is 2.93. The predicted molar refractivity (Wildman–Crippen MR) is 59.3 cm³/mol. The van der Waals surface area contributed by atoms with Gasteiger partial charge in [0.2, 0.25) is 6.04 Å². The monoisotopic (exact) mass is 289 g/mol. The van der Waals surface area contributed by atoms with Crippen molar-refractivity contribution in [1.29, 1.82) is 0 Å². The predicted octanol–water partition coefficient (Wildman–Crippen LogP) is 2.96. The molecule has 1 rings (SSSR count). The van der Waals surface area contributed by atoms with Gasteiger partial charge in [-0.25, -0.2) is 9.18 Å². The van der Waals surface area contributed by atoms with E-state index in [9.17, 15) is 14.1 Å². The maximum absolute atomic E-state index is 13.5. The zero-order valence-electron chi connectivity index (χ0n) is 8.44. The van der Waals surface area contributed by atoms with E-state index in [-0.39, 0.29) is 12.2 Å². The van der Waals surface area contributed by atoms with Crippen LogP contribution in [0.4, 0.5) is 4.39 Å². The minimum atomic E-state index is -1.45. The molecule has 0 aromatic heterocycles. The molecule has 4 nitrogen and oxygen atoms in total. The maximum atomic E-state index is 13.5. The summed E-state index contributed by atoms with van der Waals surface area (Å²) in [5.74, 6) is -1.52. The van der Waals surface area contributed by atoms with Crippen molar-refractivity contribution in [1.82, 2.24) is 0 Å². The lowest BCUT2D eigenvalue weighted by Gasteiger charge is -2.09. The molecule has 0 fully saturated rings. The van der Waals surface area contributed by atoms with Gasteiger partial charge in [-0.2, -0.15) is 0 Å². The van der Waals surface area contributed by atoms with E-state index in [4.69, 9.17) is 0 Å². The second kappa shape index (κ2) is 5.69. The van der Waals surface area contributed by atoms with Crippen LogP contribution < -0.4 is 0 Å². The molecule has 0 N–H and O–H groups in total. The number of hydrogen-bond donors (Lipinski definition) is 0. The summed E-state index contributed by atoms with van der Waals surface area (Å²) < 4.78 is 18.6. The van der Waals surface area contributed by atoms with Crippen molar-refractivity contribution in [2.24, 2.45) is 5.18 Å². The first-order chi connectivity index (χ1) is 7.60. The molecule has 0 aliphatic carbocycles. The highest BCUT2D eigenvalue weighted by Crippen LogP contribution is 2.24.